The lowest BCUT2D eigenvalue weighted by molar-refractivity contribution is -0.111. The molecule has 2 rings (SSSR count). The number of ether oxygens (including phenoxy) is 3. The van der Waals surface area contributed by atoms with Gasteiger partial charge in [0.25, 0.3) is 10.1 Å². The minimum Gasteiger partial charge on any atom is -0.371 e. The number of methoxy groups -OCH3 is 1. The van der Waals surface area contributed by atoms with Gasteiger partial charge in [0.15, 0.2) is 0 Å². The van der Waals surface area contributed by atoms with Crippen LogP contribution in [0.25, 0.3) is 0 Å². The number of rotatable bonds is 9. The summed E-state index contributed by atoms with van der Waals surface area (Å²) in [7, 11) is -1.91. The van der Waals surface area contributed by atoms with Gasteiger partial charge in [0, 0.05) is 20.2 Å². The third kappa shape index (κ3) is 6.26. The van der Waals surface area contributed by atoms with Crippen molar-refractivity contribution < 1.29 is 26.8 Å². The Bertz CT molecular complexity index is 629. The van der Waals surface area contributed by atoms with E-state index in [9.17, 15) is 8.42 Å². The molecular formula is C14H21BrN2O6S. The van der Waals surface area contributed by atoms with E-state index in [0.717, 1.165) is 16.7 Å². The van der Waals surface area contributed by atoms with Crippen LogP contribution in [0.3, 0.4) is 0 Å². The van der Waals surface area contributed by atoms with Crippen molar-refractivity contribution >= 4 is 31.9 Å². The van der Waals surface area contributed by atoms with Gasteiger partial charge >= 0.3 is 0 Å². The standard InChI is InChI=1S/C14H21BrN2O6S/c1-20-10-22-12-9-17(14-5-3-4-13(15)16-14)8-11(12)21-6-7-23-24(2,18)19/h3-5,11-12H,6-10H2,1-2H3. The summed E-state index contributed by atoms with van der Waals surface area (Å²) in [5, 5.41) is 0. The SMILES string of the molecule is COCOC1CN(c2cccc(Br)n2)CC1OCCOS(C)(=O)=O. The molecule has 24 heavy (non-hydrogen) atoms. The quantitative estimate of drug-likeness (QED) is 0.251. The van der Waals surface area contributed by atoms with Crippen LogP contribution in [0.5, 0.6) is 0 Å². The number of nitrogens with zero attached hydrogens (tertiary/aromatic N) is 2. The molecule has 2 unspecified atom stereocenters. The van der Waals surface area contributed by atoms with Crippen molar-refractivity contribution in [2.75, 3.05) is 51.4 Å². The predicted octanol–water partition coefficient (Wildman–Crippen LogP) is 1.01. The van der Waals surface area contributed by atoms with Crippen molar-refractivity contribution in [2.24, 2.45) is 0 Å². The zero-order chi connectivity index (χ0) is 17.6. The van der Waals surface area contributed by atoms with Crippen molar-refractivity contribution in [1.29, 1.82) is 0 Å². The Kier molecular flexibility index (Phi) is 7.38. The molecule has 1 aliphatic heterocycles. The van der Waals surface area contributed by atoms with Gasteiger partial charge in [-0.1, -0.05) is 6.07 Å². The molecule has 0 aliphatic carbocycles. The van der Waals surface area contributed by atoms with E-state index in [2.05, 4.69) is 25.1 Å². The van der Waals surface area contributed by atoms with Gasteiger partial charge in [-0.25, -0.2) is 4.98 Å². The monoisotopic (exact) mass is 424 g/mol. The highest BCUT2D eigenvalue weighted by Crippen LogP contribution is 2.23. The molecule has 136 valence electrons. The maximum Gasteiger partial charge on any atom is 0.264 e. The first-order chi connectivity index (χ1) is 11.4. The zero-order valence-corrected chi connectivity index (χ0v) is 16.0. The largest absolute Gasteiger partial charge is 0.371 e. The molecule has 2 atom stereocenters. The molecule has 1 aromatic rings. The number of pyridine rings is 1. The zero-order valence-electron chi connectivity index (χ0n) is 13.6. The van der Waals surface area contributed by atoms with Crippen LogP contribution < -0.4 is 4.90 Å². The highest BCUT2D eigenvalue weighted by molar-refractivity contribution is 9.10. The average Bonchev–Trinajstić information content (AvgIpc) is 2.92. The van der Waals surface area contributed by atoms with Crippen molar-refractivity contribution in [3.63, 3.8) is 0 Å². The molecule has 0 bridgehead atoms. The van der Waals surface area contributed by atoms with E-state index >= 15 is 0 Å². The molecule has 1 aliphatic rings. The van der Waals surface area contributed by atoms with Crippen molar-refractivity contribution in [2.45, 2.75) is 12.2 Å². The van der Waals surface area contributed by atoms with Crippen molar-refractivity contribution in [1.82, 2.24) is 4.98 Å². The Hall–Kier alpha value is -0.780. The first-order valence-corrected chi connectivity index (χ1v) is 9.94. The van der Waals surface area contributed by atoms with Crippen LogP contribution in [0.4, 0.5) is 5.82 Å². The second-order valence-electron chi connectivity index (χ2n) is 5.27. The van der Waals surface area contributed by atoms with Crippen LogP contribution in [0.2, 0.25) is 0 Å². The van der Waals surface area contributed by atoms with Crippen LogP contribution in [-0.4, -0.2) is 72.1 Å². The minimum atomic E-state index is -3.46. The molecule has 10 heteroatoms. The summed E-state index contributed by atoms with van der Waals surface area (Å²) in [6.45, 7) is 1.47. The summed E-state index contributed by atoms with van der Waals surface area (Å²) in [5.41, 5.74) is 0. The molecule has 0 aromatic carbocycles. The van der Waals surface area contributed by atoms with Gasteiger partial charge in [-0.05, 0) is 28.1 Å². The smallest absolute Gasteiger partial charge is 0.264 e. The Morgan fingerprint density at radius 1 is 1.25 bits per heavy atom. The summed E-state index contributed by atoms with van der Waals surface area (Å²) >= 11 is 3.36. The molecule has 0 N–H and O–H groups in total. The van der Waals surface area contributed by atoms with Gasteiger partial charge in [-0.3, -0.25) is 4.18 Å². The molecule has 0 saturated carbocycles. The van der Waals surface area contributed by atoms with Gasteiger partial charge in [0.1, 0.15) is 29.4 Å². The first-order valence-electron chi connectivity index (χ1n) is 7.33. The lowest BCUT2D eigenvalue weighted by Crippen LogP contribution is -2.31. The van der Waals surface area contributed by atoms with Gasteiger partial charge in [-0.2, -0.15) is 8.42 Å². The van der Waals surface area contributed by atoms with E-state index in [-0.39, 0.29) is 32.2 Å². The fourth-order valence-electron chi connectivity index (χ4n) is 2.37. The minimum absolute atomic E-state index is 0.0263. The van der Waals surface area contributed by atoms with Crippen LogP contribution in [-0.2, 0) is 28.5 Å². The first kappa shape index (κ1) is 19.5. The number of halogens is 1. The molecular weight excluding hydrogens is 404 g/mol. The Balaban J connectivity index is 1.93. The Morgan fingerprint density at radius 3 is 2.58 bits per heavy atom. The van der Waals surface area contributed by atoms with Gasteiger partial charge < -0.3 is 19.1 Å². The predicted molar refractivity (Wildman–Crippen MR) is 91.4 cm³/mol. The Morgan fingerprint density at radius 2 is 1.96 bits per heavy atom. The second kappa shape index (κ2) is 9.07. The maximum atomic E-state index is 11.0. The molecule has 0 spiro atoms. The van der Waals surface area contributed by atoms with E-state index in [4.69, 9.17) is 14.2 Å². The molecule has 1 fully saturated rings. The summed E-state index contributed by atoms with van der Waals surface area (Å²) in [6.07, 6.45) is 0.571. The third-order valence-electron chi connectivity index (χ3n) is 3.35. The fourth-order valence-corrected chi connectivity index (χ4v) is 3.07. The molecule has 0 amide bonds. The molecule has 2 heterocycles. The van der Waals surface area contributed by atoms with Crippen molar-refractivity contribution in [3.05, 3.63) is 22.8 Å². The highest BCUT2D eigenvalue weighted by atomic mass is 79.9. The second-order valence-corrected chi connectivity index (χ2v) is 7.73. The summed E-state index contributed by atoms with van der Waals surface area (Å²) < 4.78 is 43.7. The fraction of sp³-hybridized carbons (Fsp3) is 0.643. The number of hydrogen-bond donors (Lipinski definition) is 0. The van der Waals surface area contributed by atoms with E-state index in [0.29, 0.717) is 13.1 Å². The van der Waals surface area contributed by atoms with Gasteiger partial charge in [-0.15, -0.1) is 0 Å². The lowest BCUT2D eigenvalue weighted by Gasteiger charge is -2.18. The maximum absolute atomic E-state index is 11.0. The average molecular weight is 425 g/mol. The van der Waals surface area contributed by atoms with Crippen LogP contribution in [0, 0.1) is 0 Å². The highest BCUT2D eigenvalue weighted by Gasteiger charge is 2.35. The normalized spacial score (nSPS) is 21.4. The summed E-state index contributed by atoms with van der Waals surface area (Å²) in [4.78, 5) is 6.48. The van der Waals surface area contributed by atoms with Gasteiger partial charge in [0.2, 0.25) is 0 Å². The van der Waals surface area contributed by atoms with E-state index < -0.39 is 10.1 Å². The van der Waals surface area contributed by atoms with E-state index in [1.54, 1.807) is 7.11 Å². The lowest BCUT2D eigenvalue weighted by atomic mass is 10.2. The Labute approximate surface area is 150 Å². The van der Waals surface area contributed by atoms with Crippen LogP contribution in [0.1, 0.15) is 0 Å². The molecule has 0 radical (unpaired) electrons. The van der Waals surface area contributed by atoms with E-state index in [1.165, 1.54) is 0 Å². The van der Waals surface area contributed by atoms with Crippen molar-refractivity contribution in [3.8, 4) is 0 Å². The summed E-state index contributed by atoms with van der Waals surface area (Å²) in [5.74, 6) is 0.814. The summed E-state index contributed by atoms with van der Waals surface area (Å²) in [6, 6.07) is 5.67. The number of hydrogen-bond acceptors (Lipinski definition) is 8. The van der Waals surface area contributed by atoms with E-state index in [1.807, 2.05) is 23.1 Å². The third-order valence-corrected chi connectivity index (χ3v) is 4.39. The number of aromatic nitrogens is 1. The van der Waals surface area contributed by atoms with Crippen LogP contribution >= 0.6 is 15.9 Å². The molecule has 8 nitrogen and oxygen atoms in total. The molecule has 1 saturated heterocycles. The topological polar surface area (TPSA) is 87.2 Å². The van der Waals surface area contributed by atoms with Gasteiger partial charge in [0.05, 0.1) is 19.5 Å². The molecule has 1 aromatic heterocycles. The number of anilines is 1. The van der Waals surface area contributed by atoms with Crippen LogP contribution in [0.15, 0.2) is 22.8 Å².